The van der Waals surface area contributed by atoms with Gasteiger partial charge in [0.05, 0.1) is 17.8 Å². The first-order chi connectivity index (χ1) is 10.8. The molecule has 2 aromatic rings. The number of β-amino-alcohol motifs (C(OH)–C–C–N with tert-alkyl or cyclic N) is 1. The summed E-state index contributed by atoms with van der Waals surface area (Å²) < 4.78 is 1.73. The second-order valence-corrected chi connectivity index (χ2v) is 6.78. The number of amides is 1. The van der Waals surface area contributed by atoms with Crippen molar-refractivity contribution in [2.24, 2.45) is 0 Å². The van der Waals surface area contributed by atoms with Crippen molar-refractivity contribution in [3.05, 3.63) is 29.2 Å². The number of hydrogen-bond donors (Lipinski definition) is 1. The lowest BCUT2D eigenvalue weighted by Crippen LogP contribution is -2.43. The molecular formula is C16H23N5O2. The zero-order valence-electron chi connectivity index (χ0n) is 14.1. The molecule has 1 fully saturated rings. The fourth-order valence-corrected chi connectivity index (χ4v) is 3.26. The Bertz CT molecular complexity index is 754. The first kappa shape index (κ1) is 15.9. The number of aromatic nitrogens is 3. The number of likely N-dealkylation sites (tertiary alicyclic amines) is 1. The van der Waals surface area contributed by atoms with Crippen molar-refractivity contribution in [2.75, 3.05) is 33.7 Å². The van der Waals surface area contributed by atoms with Crippen LogP contribution < -0.4 is 0 Å². The second-order valence-electron chi connectivity index (χ2n) is 6.78. The van der Waals surface area contributed by atoms with Crippen molar-refractivity contribution >= 4 is 11.6 Å². The average Bonchev–Trinajstić information content (AvgIpc) is 3.00. The van der Waals surface area contributed by atoms with E-state index in [0.29, 0.717) is 37.4 Å². The molecule has 0 radical (unpaired) electrons. The van der Waals surface area contributed by atoms with Gasteiger partial charge >= 0.3 is 0 Å². The van der Waals surface area contributed by atoms with Crippen LogP contribution in [-0.2, 0) is 0 Å². The molecule has 3 rings (SSSR count). The number of carbonyl (C=O) groups is 1. The van der Waals surface area contributed by atoms with Crippen LogP contribution in [0.3, 0.4) is 0 Å². The number of nitrogens with zero attached hydrogens (tertiary/aromatic N) is 5. The summed E-state index contributed by atoms with van der Waals surface area (Å²) in [6, 6.07) is 3.61. The lowest BCUT2D eigenvalue weighted by atomic mass is 10.0. The van der Waals surface area contributed by atoms with Crippen molar-refractivity contribution in [3.8, 4) is 0 Å². The Hall–Kier alpha value is -1.99. The third kappa shape index (κ3) is 3.07. The van der Waals surface area contributed by atoms with Gasteiger partial charge in [0.2, 0.25) is 0 Å². The average molecular weight is 317 g/mol. The standard InChI is InChI=1S/C16H23N5O2/c1-11-7-14-17-13(8-12(2)21(14)18-11)15(22)20-6-5-16(23,10-20)9-19(3)4/h7-8,23H,5-6,9-10H2,1-4H3. The van der Waals surface area contributed by atoms with E-state index in [1.54, 1.807) is 15.5 Å². The molecule has 0 aromatic carbocycles. The highest BCUT2D eigenvalue weighted by atomic mass is 16.3. The second kappa shape index (κ2) is 5.58. The number of aryl methyl sites for hydroxylation is 2. The highest BCUT2D eigenvalue weighted by Crippen LogP contribution is 2.23. The maximum atomic E-state index is 12.7. The monoisotopic (exact) mass is 317 g/mol. The molecule has 0 saturated carbocycles. The Labute approximate surface area is 135 Å². The topological polar surface area (TPSA) is 74.0 Å². The number of hydrogen-bond acceptors (Lipinski definition) is 5. The largest absolute Gasteiger partial charge is 0.387 e. The quantitative estimate of drug-likeness (QED) is 0.891. The summed E-state index contributed by atoms with van der Waals surface area (Å²) in [4.78, 5) is 20.8. The maximum absolute atomic E-state index is 12.7. The Morgan fingerprint density at radius 2 is 2.13 bits per heavy atom. The maximum Gasteiger partial charge on any atom is 0.272 e. The SMILES string of the molecule is Cc1cc2nc(C(=O)N3CCC(O)(CN(C)C)C3)cc(C)n2n1. The van der Waals surface area contributed by atoms with Gasteiger partial charge in [-0.1, -0.05) is 0 Å². The molecule has 23 heavy (non-hydrogen) atoms. The molecule has 1 amide bonds. The van der Waals surface area contributed by atoms with Crippen LogP contribution in [0.4, 0.5) is 0 Å². The predicted octanol–water partition coefficient (Wildman–Crippen LogP) is 0.485. The Morgan fingerprint density at radius 1 is 1.39 bits per heavy atom. The number of carbonyl (C=O) groups excluding carboxylic acids is 1. The van der Waals surface area contributed by atoms with Crippen molar-refractivity contribution in [2.45, 2.75) is 25.9 Å². The normalized spacial score (nSPS) is 21.6. The minimum Gasteiger partial charge on any atom is -0.387 e. The summed E-state index contributed by atoms with van der Waals surface area (Å²) in [7, 11) is 3.84. The molecule has 7 nitrogen and oxygen atoms in total. The molecule has 1 saturated heterocycles. The van der Waals surface area contributed by atoms with Crippen LogP contribution in [-0.4, -0.2) is 74.7 Å². The van der Waals surface area contributed by atoms with Crippen LogP contribution in [0, 0.1) is 13.8 Å². The first-order valence-corrected chi connectivity index (χ1v) is 7.78. The van der Waals surface area contributed by atoms with Gasteiger partial charge in [0, 0.05) is 24.8 Å². The smallest absolute Gasteiger partial charge is 0.272 e. The third-order valence-electron chi connectivity index (χ3n) is 4.18. The molecule has 1 unspecified atom stereocenters. The van der Waals surface area contributed by atoms with Gasteiger partial charge in [0.25, 0.3) is 5.91 Å². The molecule has 2 aromatic heterocycles. The van der Waals surface area contributed by atoms with E-state index in [0.717, 1.165) is 11.4 Å². The van der Waals surface area contributed by atoms with Gasteiger partial charge in [-0.15, -0.1) is 0 Å². The summed E-state index contributed by atoms with van der Waals surface area (Å²) >= 11 is 0. The molecule has 0 aliphatic carbocycles. The van der Waals surface area contributed by atoms with Crippen molar-refractivity contribution in [1.29, 1.82) is 0 Å². The van der Waals surface area contributed by atoms with E-state index in [-0.39, 0.29) is 5.91 Å². The van der Waals surface area contributed by atoms with Crippen LogP contribution in [0.25, 0.3) is 5.65 Å². The van der Waals surface area contributed by atoms with Gasteiger partial charge in [0.15, 0.2) is 5.65 Å². The fourth-order valence-electron chi connectivity index (χ4n) is 3.26. The van der Waals surface area contributed by atoms with E-state index in [1.807, 2.05) is 38.9 Å². The minimum atomic E-state index is -0.842. The Kier molecular flexibility index (Phi) is 3.85. The van der Waals surface area contributed by atoms with Gasteiger partial charge in [-0.2, -0.15) is 5.10 Å². The summed E-state index contributed by atoms with van der Waals surface area (Å²) in [6.07, 6.45) is 0.587. The number of rotatable bonds is 3. The van der Waals surface area contributed by atoms with Crippen molar-refractivity contribution in [3.63, 3.8) is 0 Å². The zero-order valence-corrected chi connectivity index (χ0v) is 14.1. The number of fused-ring (bicyclic) bond motifs is 1. The van der Waals surface area contributed by atoms with Gasteiger partial charge in [-0.3, -0.25) is 4.79 Å². The summed E-state index contributed by atoms with van der Waals surface area (Å²) in [5, 5.41) is 14.9. The molecule has 7 heteroatoms. The molecule has 3 heterocycles. The lowest BCUT2D eigenvalue weighted by molar-refractivity contribution is 0.0235. The molecule has 1 aliphatic heterocycles. The fraction of sp³-hybridized carbons (Fsp3) is 0.562. The Balaban J connectivity index is 1.84. The van der Waals surface area contributed by atoms with Crippen LogP contribution in [0.15, 0.2) is 12.1 Å². The number of likely N-dealkylation sites (N-methyl/N-ethyl adjacent to an activating group) is 1. The van der Waals surface area contributed by atoms with Crippen molar-refractivity contribution in [1.82, 2.24) is 24.4 Å². The summed E-state index contributed by atoms with van der Waals surface area (Å²) in [5.74, 6) is -0.135. The van der Waals surface area contributed by atoms with E-state index in [9.17, 15) is 9.90 Å². The van der Waals surface area contributed by atoms with Gasteiger partial charge in [-0.25, -0.2) is 9.50 Å². The van der Waals surface area contributed by atoms with Crippen LogP contribution >= 0.6 is 0 Å². The number of aliphatic hydroxyl groups is 1. The van der Waals surface area contributed by atoms with E-state index in [1.165, 1.54) is 0 Å². The molecule has 0 bridgehead atoms. The van der Waals surface area contributed by atoms with Crippen molar-refractivity contribution < 1.29 is 9.90 Å². The Morgan fingerprint density at radius 3 is 2.83 bits per heavy atom. The van der Waals surface area contributed by atoms with E-state index in [2.05, 4.69) is 10.1 Å². The van der Waals surface area contributed by atoms with Crippen LogP contribution in [0.1, 0.15) is 28.3 Å². The van der Waals surface area contributed by atoms with E-state index < -0.39 is 5.60 Å². The summed E-state index contributed by atoms with van der Waals surface area (Å²) in [6.45, 7) is 5.24. The minimum absolute atomic E-state index is 0.135. The molecule has 0 spiro atoms. The molecule has 124 valence electrons. The van der Waals surface area contributed by atoms with Gasteiger partial charge in [-0.05, 0) is 40.4 Å². The molecular weight excluding hydrogens is 294 g/mol. The van der Waals surface area contributed by atoms with Gasteiger partial charge in [0.1, 0.15) is 5.69 Å². The zero-order chi connectivity index (χ0) is 16.8. The predicted molar refractivity (Wildman–Crippen MR) is 86.5 cm³/mol. The van der Waals surface area contributed by atoms with Crippen LogP contribution in [0.2, 0.25) is 0 Å². The molecule has 1 aliphatic rings. The molecule has 1 N–H and O–H groups in total. The summed E-state index contributed by atoms with van der Waals surface area (Å²) in [5.41, 5.74) is 1.98. The molecule has 1 atom stereocenters. The highest BCUT2D eigenvalue weighted by molar-refractivity contribution is 5.93. The van der Waals surface area contributed by atoms with Gasteiger partial charge < -0.3 is 14.9 Å². The third-order valence-corrected chi connectivity index (χ3v) is 4.18. The van der Waals surface area contributed by atoms with E-state index in [4.69, 9.17) is 0 Å². The first-order valence-electron chi connectivity index (χ1n) is 7.78. The van der Waals surface area contributed by atoms with Crippen LogP contribution in [0.5, 0.6) is 0 Å². The highest BCUT2D eigenvalue weighted by Gasteiger charge is 2.39. The lowest BCUT2D eigenvalue weighted by Gasteiger charge is -2.26. The van der Waals surface area contributed by atoms with E-state index >= 15 is 0 Å².